The minimum absolute atomic E-state index is 0.0489. The summed E-state index contributed by atoms with van der Waals surface area (Å²) in [5.74, 6) is 0.878. The molecule has 0 saturated carbocycles. The Hall–Kier alpha value is -3.52. The van der Waals surface area contributed by atoms with Gasteiger partial charge in [-0.3, -0.25) is 4.84 Å². The lowest BCUT2D eigenvalue weighted by atomic mass is 9.93. The molecule has 0 spiro atoms. The molecular weight excluding hydrogens is 514 g/mol. The minimum Gasteiger partial charge on any atom is -0.497 e. The van der Waals surface area contributed by atoms with Gasteiger partial charge in [0.25, 0.3) is 0 Å². The fourth-order valence-corrected chi connectivity index (χ4v) is 5.03. The summed E-state index contributed by atoms with van der Waals surface area (Å²) < 4.78 is 24.7. The van der Waals surface area contributed by atoms with Crippen molar-refractivity contribution < 1.29 is 23.8 Å². The van der Waals surface area contributed by atoms with Crippen LogP contribution in [0.25, 0.3) is 0 Å². The normalized spacial score (nSPS) is 19.2. The maximum absolute atomic E-state index is 6.62. The van der Waals surface area contributed by atoms with Gasteiger partial charge in [-0.15, -0.1) is 0 Å². The average Bonchev–Trinajstić information content (AvgIpc) is 3.04. The van der Waals surface area contributed by atoms with Crippen molar-refractivity contribution >= 4 is 0 Å². The van der Waals surface area contributed by atoms with E-state index in [1.165, 1.54) is 0 Å². The van der Waals surface area contributed by atoms with Crippen LogP contribution in [0.3, 0.4) is 0 Å². The monoisotopic (exact) mass is 553 g/mol. The van der Waals surface area contributed by atoms with Crippen molar-refractivity contribution in [1.29, 1.82) is 0 Å². The van der Waals surface area contributed by atoms with Crippen molar-refractivity contribution in [3.8, 4) is 5.75 Å². The van der Waals surface area contributed by atoms with Crippen LogP contribution >= 0.6 is 0 Å². The Kier molecular flexibility index (Phi) is 10.9. The molecule has 6 heteroatoms. The molecule has 0 amide bonds. The topological polar surface area (TPSA) is 49.4 Å². The molecule has 0 bridgehead atoms. The van der Waals surface area contributed by atoms with E-state index in [1.807, 2.05) is 83.9 Å². The molecule has 0 radical (unpaired) electrons. The smallest absolute Gasteiger partial charge is 0.118 e. The quantitative estimate of drug-likeness (QED) is 0.179. The first-order valence-electron chi connectivity index (χ1n) is 14.2. The van der Waals surface area contributed by atoms with Crippen LogP contribution in [-0.2, 0) is 45.5 Å². The van der Waals surface area contributed by atoms with Crippen molar-refractivity contribution in [2.24, 2.45) is 5.92 Å². The van der Waals surface area contributed by atoms with Gasteiger partial charge < -0.3 is 18.9 Å². The van der Waals surface area contributed by atoms with Gasteiger partial charge in [0.1, 0.15) is 5.75 Å². The van der Waals surface area contributed by atoms with E-state index in [2.05, 4.69) is 36.4 Å². The largest absolute Gasteiger partial charge is 0.497 e. The Labute approximate surface area is 243 Å². The van der Waals surface area contributed by atoms with Gasteiger partial charge in [-0.05, 0) is 34.4 Å². The predicted octanol–water partition coefficient (Wildman–Crippen LogP) is 6.45. The third-order valence-corrected chi connectivity index (χ3v) is 7.26. The van der Waals surface area contributed by atoms with Crippen LogP contribution in [0.5, 0.6) is 5.75 Å². The summed E-state index contributed by atoms with van der Waals surface area (Å²) in [5, 5.41) is 2.01. The molecule has 41 heavy (non-hydrogen) atoms. The fraction of sp³-hybridized carbons (Fsp3) is 0.314. The van der Waals surface area contributed by atoms with E-state index in [-0.39, 0.29) is 18.1 Å². The summed E-state index contributed by atoms with van der Waals surface area (Å²) in [5.41, 5.74) is 4.49. The third kappa shape index (κ3) is 8.98. The molecule has 3 atom stereocenters. The van der Waals surface area contributed by atoms with Gasteiger partial charge in [0.2, 0.25) is 0 Å². The Morgan fingerprint density at radius 1 is 0.585 bits per heavy atom. The first kappa shape index (κ1) is 29.0. The van der Waals surface area contributed by atoms with Crippen LogP contribution in [0.4, 0.5) is 0 Å². The number of piperidine rings is 1. The zero-order valence-corrected chi connectivity index (χ0v) is 23.6. The first-order valence-corrected chi connectivity index (χ1v) is 14.2. The molecule has 214 valence electrons. The van der Waals surface area contributed by atoms with E-state index < -0.39 is 0 Å². The molecule has 6 nitrogen and oxygen atoms in total. The van der Waals surface area contributed by atoms with E-state index in [9.17, 15) is 0 Å². The number of hydrogen-bond donors (Lipinski definition) is 0. The first-order chi connectivity index (χ1) is 20.3. The summed E-state index contributed by atoms with van der Waals surface area (Å²) in [6, 6.07) is 38.8. The Balaban J connectivity index is 1.30. The van der Waals surface area contributed by atoms with E-state index in [0.29, 0.717) is 46.1 Å². The van der Waals surface area contributed by atoms with Crippen LogP contribution in [0.2, 0.25) is 0 Å². The van der Waals surface area contributed by atoms with E-state index in [4.69, 9.17) is 23.8 Å². The molecular formula is C35H39NO5. The van der Waals surface area contributed by atoms with Gasteiger partial charge in [-0.2, -0.15) is 5.06 Å². The lowest BCUT2D eigenvalue weighted by Gasteiger charge is -2.42. The number of benzene rings is 4. The van der Waals surface area contributed by atoms with Crippen LogP contribution in [0.1, 0.15) is 22.3 Å². The fourth-order valence-electron chi connectivity index (χ4n) is 5.03. The highest BCUT2D eigenvalue weighted by molar-refractivity contribution is 5.26. The molecule has 1 heterocycles. The highest BCUT2D eigenvalue weighted by atomic mass is 16.7. The van der Waals surface area contributed by atoms with E-state index >= 15 is 0 Å². The van der Waals surface area contributed by atoms with Crippen molar-refractivity contribution in [1.82, 2.24) is 5.06 Å². The molecule has 4 aromatic carbocycles. The molecule has 1 aliphatic rings. The molecule has 0 aromatic heterocycles. The Bertz CT molecular complexity index is 1270. The molecule has 5 rings (SSSR count). The zero-order valence-electron chi connectivity index (χ0n) is 23.6. The van der Waals surface area contributed by atoms with Crippen molar-refractivity contribution in [2.45, 2.75) is 38.6 Å². The number of hydroxylamine groups is 2. The number of ether oxygens (including phenoxy) is 4. The number of rotatable bonds is 14. The SMILES string of the molecule is COc1ccc(CON2C[C@H](COCc3ccccc3)[C@@H](OCc3ccccc3)[C@H](OCc3ccccc3)C2)cc1. The highest BCUT2D eigenvalue weighted by Gasteiger charge is 2.39. The maximum atomic E-state index is 6.62. The second-order valence-corrected chi connectivity index (χ2v) is 10.3. The summed E-state index contributed by atoms with van der Waals surface area (Å²) in [7, 11) is 1.67. The summed E-state index contributed by atoms with van der Waals surface area (Å²) >= 11 is 0. The van der Waals surface area contributed by atoms with Gasteiger partial charge in [-0.1, -0.05) is 103 Å². The van der Waals surface area contributed by atoms with Gasteiger partial charge in [0.05, 0.1) is 58.9 Å². The lowest BCUT2D eigenvalue weighted by molar-refractivity contribution is -0.250. The Morgan fingerprint density at radius 3 is 1.71 bits per heavy atom. The summed E-state index contributed by atoms with van der Waals surface area (Å²) in [4.78, 5) is 6.33. The van der Waals surface area contributed by atoms with Crippen LogP contribution < -0.4 is 4.74 Å². The van der Waals surface area contributed by atoms with Crippen LogP contribution in [-0.4, -0.2) is 44.1 Å². The van der Waals surface area contributed by atoms with Crippen LogP contribution in [0, 0.1) is 5.92 Å². The van der Waals surface area contributed by atoms with E-state index in [1.54, 1.807) is 7.11 Å². The van der Waals surface area contributed by atoms with Gasteiger partial charge >= 0.3 is 0 Å². The van der Waals surface area contributed by atoms with Gasteiger partial charge in [0, 0.05) is 12.5 Å². The molecule has 0 N–H and O–H groups in total. The molecule has 1 aliphatic heterocycles. The van der Waals surface area contributed by atoms with Crippen LogP contribution in [0.15, 0.2) is 115 Å². The molecule has 1 fully saturated rings. The number of nitrogens with zero attached hydrogens (tertiary/aromatic N) is 1. The van der Waals surface area contributed by atoms with Gasteiger partial charge in [0.15, 0.2) is 0 Å². The lowest BCUT2D eigenvalue weighted by Crippen LogP contribution is -2.55. The standard InChI is InChI=1S/C35H39NO5/c1-37-33-19-17-31(18-20-33)26-41-36-21-32(27-38-23-28-11-5-2-6-12-28)35(40-25-30-15-9-4-10-16-30)34(22-36)39-24-29-13-7-3-8-14-29/h2-20,32,34-35H,21-27H2,1H3/t32-,34-,35-/m1/s1. The second kappa shape index (κ2) is 15.5. The maximum Gasteiger partial charge on any atom is 0.118 e. The molecule has 4 aromatic rings. The van der Waals surface area contributed by atoms with Gasteiger partial charge in [-0.25, -0.2) is 0 Å². The molecule has 0 aliphatic carbocycles. The summed E-state index contributed by atoms with van der Waals surface area (Å²) in [6.07, 6.45) is -0.357. The average molecular weight is 554 g/mol. The summed E-state index contributed by atoms with van der Waals surface area (Å²) in [6.45, 7) is 3.82. The molecule has 0 unspecified atom stereocenters. The highest BCUT2D eigenvalue weighted by Crippen LogP contribution is 2.27. The number of methoxy groups -OCH3 is 1. The Morgan fingerprint density at radius 2 is 1.12 bits per heavy atom. The minimum atomic E-state index is -0.200. The third-order valence-electron chi connectivity index (χ3n) is 7.26. The second-order valence-electron chi connectivity index (χ2n) is 10.3. The van der Waals surface area contributed by atoms with Crippen molar-refractivity contribution in [2.75, 3.05) is 26.8 Å². The van der Waals surface area contributed by atoms with Crippen molar-refractivity contribution in [3.63, 3.8) is 0 Å². The van der Waals surface area contributed by atoms with Crippen molar-refractivity contribution in [3.05, 3.63) is 138 Å². The zero-order chi connectivity index (χ0) is 28.1. The molecule has 1 saturated heterocycles. The number of hydrogen-bond acceptors (Lipinski definition) is 6. The van der Waals surface area contributed by atoms with E-state index in [0.717, 1.165) is 28.0 Å². The predicted molar refractivity (Wildman–Crippen MR) is 159 cm³/mol.